The third-order valence-corrected chi connectivity index (χ3v) is 7.05. The summed E-state index contributed by atoms with van der Waals surface area (Å²) in [6.45, 7) is 1.73. The first-order chi connectivity index (χ1) is 5.82. The van der Waals surface area contributed by atoms with E-state index in [2.05, 4.69) is 19.8 Å². The first kappa shape index (κ1) is 10.8. The molecule has 0 saturated carbocycles. The Labute approximate surface area is 82.2 Å². The molecule has 0 saturated heterocycles. The predicted octanol–water partition coefficient (Wildman–Crippen LogP) is 1.66. The van der Waals surface area contributed by atoms with Crippen LogP contribution in [0.4, 0.5) is 10.2 Å². The Hall–Kier alpha value is -0.321. The van der Waals surface area contributed by atoms with Crippen LogP contribution in [-0.4, -0.2) is 23.4 Å². The van der Waals surface area contributed by atoms with Crippen molar-refractivity contribution in [2.75, 3.05) is 5.73 Å². The van der Waals surface area contributed by atoms with Gasteiger partial charge in [0.2, 0.25) is 0 Å². The Morgan fingerprint density at radius 3 is 2.31 bits per heavy atom. The van der Waals surface area contributed by atoms with Crippen molar-refractivity contribution in [1.29, 1.82) is 0 Å². The monoisotopic (exact) mass is 290 g/mol. The average Bonchev–Trinajstić information content (AvgIpc) is 1.97. The first-order valence-corrected chi connectivity index (χ1v) is 14.2. The number of halogens is 1. The zero-order valence-electron chi connectivity index (χ0n) is 8.48. The van der Waals surface area contributed by atoms with Crippen molar-refractivity contribution in [2.24, 2.45) is 0 Å². The van der Waals surface area contributed by atoms with E-state index in [4.69, 9.17) is 5.73 Å². The molecule has 72 valence electrons. The maximum absolute atomic E-state index is 13.1. The number of aromatic nitrogens is 1. The van der Waals surface area contributed by atoms with E-state index in [1.54, 1.807) is 6.92 Å². The van der Waals surface area contributed by atoms with Gasteiger partial charge in [0.05, 0.1) is 0 Å². The fourth-order valence-electron chi connectivity index (χ4n) is 1.07. The van der Waals surface area contributed by atoms with Crippen LogP contribution in [0.15, 0.2) is 6.07 Å². The molecule has 0 aromatic carbocycles. The van der Waals surface area contributed by atoms with Gasteiger partial charge in [-0.25, -0.2) is 0 Å². The van der Waals surface area contributed by atoms with Gasteiger partial charge in [0.15, 0.2) is 0 Å². The third kappa shape index (κ3) is 2.33. The Balaban J connectivity index is 3.29. The van der Waals surface area contributed by atoms with Gasteiger partial charge >= 0.3 is 82.2 Å². The molecule has 1 aromatic rings. The van der Waals surface area contributed by atoms with Crippen molar-refractivity contribution >= 4 is 27.9 Å². The third-order valence-electron chi connectivity index (χ3n) is 1.93. The van der Waals surface area contributed by atoms with Crippen LogP contribution in [0.25, 0.3) is 0 Å². The summed E-state index contributed by atoms with van der Waals surface area (Å²) >= 11 is -2.19. The average molecular weight is 289 g/mol. The summed E-state index contributed by atoms with van der Waals surface area (Å²) in [7, 11) is 0. The van der Waals surface area contributed by atoms with Crippen molar-refractivity contribution in [3.63, 3.8) is 0 Å². The zero-order valence-corrected chi connectivity index (χ0v) is 11.3. The van der Waals surface area contributed by atoms with Crippen LogP contribution in [-0.2, 0) is 0 Å². The molecule has 4 heteroatoms. The molecule has 2 nitrogen and oxygen atoms in total. The Morgan fingerprint density at radius 2 is 1.92 bits per heavy atom. The van der Waals surface area contributed by atoms with Crippen LogP contribution in [0.1, 0.15) is 5.56 Å². The van der Waals surface area contributed by atoms with Gasteiger partial charge < -0.3 is 0 Å². The number of aryl methyl sites for hydroxylation is 1. The molecule has 13 heavy (non-hydrogen) atoms. The van der Waals surface area contributed by atoms with Crippen LogP contribution >= 0.6 is 0 Å². The molecule has 0 amide bonds. The summed E-state index contributed by atoms with van der Waals surface area (Å²) in [4.78, 5) is 10.8. The minimum absolute atomic E-state index is 0.0432. The number of hydrogen-bond acceptors (Lipinski definition) is 2. The molecule has 0 bridgehead atoms. The predicted molar refractivity (Wildman–Crippen MR) is 56.3 cm³/mol. The van der Waals surface area contributed by atoms with Gasteiger partial charge in [-0.05, 0) is 0 Å². The van der Waals surface area contributed by atoms with Gasteiger partial charge in [0, 0.05) is 0 Å². The molecule has 0 unspecified atom stereocenters. The fourth-order valence-corrected chi connectivity index (χ4v) is 4.22. The van der Waals surface area contributed by atoms with E-state index in [1.165, 1.54) is 0 Å². The van der Waals surface area contributed by atoms with E-state index in [0.29, 0.717) is 5.56 Å². The van der Waals surface area contributed by atoms with Crippen molar-refractivity contribution in [1.82, 2.24) is 4.98 Å². The van der Waals surface area contributed by atoms with Crippen molar-refractivity contribution in [3.05, 3.63) is 17.4 Å². The SMILES string of the molecule is Cc1c[c]([Sn]([CH3])([CH3])[CH3])nc(N)c1F. The van der Waals surface area contributed by atoms with Crippen LogP contribution in [0.5, 0.6) is 0 Å². The van der Waals surface area contributed by atoms with Crippen molar-refractivity contribution < 1.29 is 4.39 Å². The van der Waals surface area contributed by atoms with E-state index in [0.717, 1.165) is 3.71 Å². The van der Waals surface area contributed by atoms with E-state index >= 15 is 0 Å². The van der Waals surface area contributed by atoms with Gasteiger partial charge in [-0.15, -0.1) is 0 Å². The summed E-state index contributed by atoms with van der Waals surface area (Å²) in [5, 5.41) is 0. The van der Waals surface area contributed by atoms with Crippen LogP contribution in [0.2, 0.25) is 14.8 Å². The van der Waals surface area contributed by atoms with E-state index in [1.807, 2.05) is 6.07 Å². The molecule has 0 atom stereocenters. The number of anilines is 1. The number of nitrogens with two attached hydrogens (primary N) is 1. The summed E-state index contributed by atoms with van der Waals surface area (Å²) in [6, 6.07) is 1.84. The van der Waals surface area contributed by atoms with E-state index in [-0.39, 0.29) is 11.6 Å². The molecular weight excluding hydrogens is 274 g/mol. The number of hydrogen-bond donors (Lipinski definition) is 1. The Morgan fingerprint density at radius 1 is 1.38 bits per heavy atom. The molecule has 1 rings (SSSR count). The van der Waals surface area contributed by atoms with Crippen LogP contribution < -0.4 is 9.44 Å². The van der Waals surface area contributed by atoms with Gasteiger partial charge in [-0.2, -0.15) is 0 Å². The Bertz CT molecular complexity index is 308. The first-order valence-electron chi connectivity index (χ1n) is 4.25. The number of nitrogens with zero attached hydrogens (tertiary/aromatic N) is 1. The number of pyridine rings is 1. The standard InChI is InChI=1S/C6H6FN2.3CH3.Sn/c1-4-2-3-9-6(8)5(4)7;;;;/h2H,1H3,(H2,8,9);3*1H3;. The molecule has 0 aliphatic carbocycles. The summed E-state index contributed by atoms with van der Waals surface area (Å²) in [6.07, 6.45) is 0. The normalized spacial score (nSPS) is 11.8. The van der Waals surface area contributed by atoms with Crippen LogP contribution in [0, 0.1) is 12.7 Å². The van der Waals surface area contributed by atoms with E-state index < -0.39 is 18.4 Å². The molecule has 0 spiro atoms. The Kier molecular flexibility index (Phi) is 2.85. The van der Waals surface area contributed by atoms with Crippen molar-refractivity contribution in [2.45, 2.75) is 21.7 Å². The van der Waals surface area contributed by atoms with E-state index in [9.17, 15) is 4.39 Å². The molecule has 0 radical (unpaired) electrons. The summed E-state index contributed by atoms with van der Waals surface area (Å²) < 4.78 is 14.2. The van der Waals surface area contributed by atoms with Gasteiger partial charge in [-0.1, -0.05) is 0 Å². The second kappa shape index (κ2) is 3.44. The summed E-state index contributed by atoms with van der Waals surface area (Å²) in [5.74, 6) is -0.332. The molecule has 0 fully saturated rings. The topological polar surface area (TPSA) is 38.9 Å². The number of rotatable bonds is 1. The van der Waals surface area contributed by atoms with Crippen LogP contribution in [0.3, 0.4) is 0 Å². The second-order valence-electron chi connectivity index (χ2n) is 4.27. The second-order valence-corrected chi connectivity index (χ2v) is 18.6. The van der Waals surface area contributed by atoms with Crippen molar-refractivity contribution in [3.8, 4) is 0 Å². The minimum atomic E-state index is -2.19. The molecule has 1 aromatic heterocycles. The molecule has 0 aliphatic heterocycles. The molecule has 2 N–H and O–H groups in total. The number of nitrogen functional groups attached to an aromatic ring is 1. The fraction of sp³-hybridized carbons (Fsp3) is 0.444. The van der Waals surface area contributed by atoms with Gasteiger partial charge in [0.1, 0.15) is 0 Å². The molecule has 0 aliphatic rings. The van der Waals surface area contributed by atoms with Gasteiger partial charge in [0.25, 0.3) is 0 Å². The maximum atomic E-state index is 13.1. The zero-order chi connectivity index (χ0) is 10.2. The quantitative estimate of drug-likeness (QED) is 0.798. The summed E-state index contributed by atoms with van der Waals surface area (Å²) in [5.41, 5.74) is 6.07. The molecule has 1 heterocycles. The molecular formula is C9H15FN2Sn. The van der Waals surface area contributed by atoms with Gasteiger partial charge in [-0.3, -0.25) is 0 Å².